The lowest BCUT2D eigenvalue weighted by Gasteiger charge is -2.05. The molecule has 14 heavy (non-hydrogen) atoms. The summed E-state index contributed by atoms with van der Waals surface area (Å²) in [6, 6.07) is 5.29. The summed E-state index contributed by atoms with van der Waals surface area (Å²) in [6.45, 7) is 0. The molecule has 2 aromatic rings. The van der Waals surface area contributed by atoms with Gasteiger partial charge < -0.3 is 0 Å². The summed E-state index contributed by atoms with van der Waals surface area (Å²) < 4.78 is 36.7. The molecule has 2 nitrogen and oxygen atoms in total. The lowest BCUT2D eigenvalue weighted by Crippen LogP contribution is -2.07. The second-order valence-electron chi connectivity index (χ2n) is 2.74. The van der Waals surface area contributed by atoms with E-state index in [2.05, 4.69) is 9.97 Å². The first kappa shape index (κ1) is 8.93. The van der Waals surface area contributed by atoms with Crippen LogP contribution in [0.1, 0.15) is 5.69 Å². The number of fused-ring (bicyclic) bond motifs is 1. The van der Waals surface area contributed by atoms with Gasteiger partial charge in [-0.1, -0.05) is 0 Å². The van der Waals surface area contributed by atoms with Crippen LogP contribution in [0.3, 0.4) is 0 Å². The molecule has 5 heteroatoms. The molecule has 0 N–H and O–H groups in total. The molecular formula is C9H5F3N2. The number of nitrogens with zero attached hydrogens (tertiary/aromatic N) is 2. The Balaban J connectivity index is 2.63. The molecule has 0 aromatic carbocycles. The zero-order chi connectivity index (χ0) is 10.2. The number of halogens is 3. The van der Waals surface area contributed by atoms with E-state index in [0.29, 0.717) is 5.52 Å². The third kappa shape index (κ3) is 1.53. The van der Waals surface area contributed by atoms with Gasteiger partial charge in [-0.15, -0.1) is 0 Å². The number of rotatable bonds is 0. The summed E-state index contributed by atoms with van der Waals surface area (Å²) >= 11 is 0. The molecule has 0 bridgehead atoms. The first-order valence-corrected chi connectivity index (χ1v) is 3.86. The minimum atomic E-state index is -4.40. The SMILES string of the molecule is FC(F)(F)c1ccc2ncccc2n1. The number of alkyl halides is 3. The summed E-state index contributed by atoms with van der Waals surface area (Å²) in [7, 11) is 0. The summed E-state index contributed by atoms with van der Waals surface area (Å²) in [5.41, 5.74) is -0.180. The van der Waals surface area contributed by atoms with Crippen molar-refractivity contribution >= 4 is 11.0 Å². The second-order valence-corrected chi connectivity index (χ2v) is 2.74. The van der Waals surface area contributed by atoms with Crippen LogP contribution < -0.4 is 0 Å². The molecule has 0 fully saturated rings. The molecule has 0 aliphatic carbocycles. The Morgan fingerprint density at radius 2 is 1.79 bits per heavy atom. The van der Waals surface area contributed by atoms with Crippen LogP contribution in [0.15, 0.2) is 30.5 Å². The van der Waals surface area contributed by atoms with E-state index in [-0.39, 0.29) is 5.52 Å². The minimum absolute atomic E-state index is 0.252. The first-order chi connectivity index (χ1) is 6.57. The van der Waals surface area contributed by atoms with Gasteiger partial charge in [0.15, 0.2) is 0 Å². The maximum Gasteiger partial charge on any atom is 0.433 e. The molecule has 2 aromatic heterocycles. The normalized spacial score (nSPS) is 11.9. The zero-order valence-corrected chi connectivity index (χ0v) is 6.92. The number of pyridine rings is 2. The molecule has 0 aliphatic heterocycles. The monoisotopic (exact) mass is 198 g/mol. The van der Waals surface area contributed by atoms with Gasteiger partial charge in [-0.25, -0.2) is 4.98 Å². The average Bonchev–Trinajstić information content (AvgIpc) is 2.16. The predicted molar refractivity (Wildman–Crippen MR) is 44.5 cm³/mol. The molecule has 0 unspecified atom stereocenters. The lowest BCUT2D eigenvalue weighted by atomic mass is 10.3. The maximum atomic E-state index is 12.2. The van der Waals surface area contributed by atoms with E-state index in [4.69, 9.17) is 0 Å². The van der Waals surface area contributed by atoms with E-state index in [0.717, 1.165) is 6.07 Å². The van der Waals surface area contributed by atoms with Gasteiger partial charge in [-0.3, -0.25) is 4.98 Å². The third-order valence-electron chi connectivity index (χ3n) is 1.75. The minimum Gasteiger partial charge on any atom is -0.255 e. The van der Waals surface area contributed by atoms with Gasteiger partial charge in [0.05, 0.1) is 11.0 Å². The molecule has 0 aliphatic rings. The number of hydrogen-bond donors (Lipinski definition) is 0. The van der Waals surface area contributed by atoms with Crippen LogP contribution in [-0.4, -0.2) is 9.97 Å². The Hall–Kier alpha value is -1.65. The van der Waals surface area contributed by atoms with Crippen molar-refractivity contribution in [2.45, 2.75) is 6.18 Å². The largest absolute Gasteiger partial charge is 0.433 e. The van der Waals surface area contributed by atoms with E-state index < -0.39 is 11.9 Å². The molecular weight excluding hydrogens is 193 g/mol. The van der Waals surface area contributed by atoms with Crippen molar-refractivity contribution in [1.82, 2.24) is 9.97 Å². The Morgan fingerprint density at radius 3 is 2.50 bits per heavy atom. The van der Waals surface area contributed by atoms with Crippen molar-refractivity contribution in [2.24, 2.45) is 0 Å². The van der Waals surface area contributed by atoms with Crippen molar-refractivity contribution in [3.63, 3.8) is 0 Å². The predicted octanol–water partition coefficient (Wildman–Crippen LogP) is 2.65. The van der Waals surface area contributed by atoms with Crippen molar-refractivity contribution in [2.75, 3.05) is 0 Å². The highest BCUT2D eigenvalue weighted by Crippen LogP contribution is 2.28. The van der Waals surface area contributed by atoms with Gasteiger partial charge in [0, 0.05) is 6.20 Å². The summed E-state index contributed by atoms with van der Waals surface area (Å²) in [6.07, 6.45) is -2.89. The third-order valence-corrected chi connectivity index (χ3v) is 1.75. The fourth-order valence-corrected chi connectivity index (χ4v) is 1.11. The van der Waals surface area contributed by atoms with Gasteiger partial charge in [0.25, 0.3) is 0 Å². The molecule has 0 radical (unpaired) electrons. The van der Waals surface area contributed by atoms with Crippen LogP contribution in [0.5, 0.6) is 0 Å². The average molecular weight is 198 g/mol. The van der Waals surface area contributed by atoms with Crippen molar-refractivity contribution < 1.29 is 13.2 Å². The quantitative estimate of drug-likeness (QED) is 0.650. The standard InChI is InChI=1S/C9H5F3N2/c10-9(11,12)8-4-3-6-7(14-8)2-1-5-13-6/h1-5H. The van der Waals surface area contributed by atoms with Gasteiger partial charge in [0.2, 0.25) is 0 Å². The Kier molecular flexibility index (Phi) is 1.87. The highest BCUT2D eigenvalue weighted by atomic mass is 19.4. The van der Waals surface area contributed by atoms with Gasteiger partial charge in [0.1, 0.15) is 5.69 Å². The second kappa shape index (κ2) is 2.94. The fourth-order valence-electron chi connectivity index (χ4n) is 1.11. The van der Waals surface area contributed by atoms with E-state index in [9.17, 15) is 13.2 Å². The zero-order valence-electron chi connectivity index (χ0n) is 6.92. The summed E-state index contributed by atoms with van der Waals surface area (Å²) in [5, 5.41) is 0. The van der Waals surface area contributed by atoms with Crippen LogP contribution >= 0.6 is 0 Å². The summed E-state index contributed by atoms with van der Waals surface area (Å²) in [4.78, 5) is 7.33. The van der Waals surface area contributed by atoms with Crippen LogP contribution in [-0.2, 0) is 6.18 Å². The van der Waals surface area contributed by atoms with Crippen LogP contribution in [0.25, 0.3) is 11.0 Å². The van der Waals surface area contributed by atoms with E-state index in [1.165, 1.54) is 18.3 Å². The Morgan fingerprint density at radius 1 is 1.00 bits per heavy atom. The van der Waals surface area contributed by atoms with Gasteiger partial charge >= 0.3 is 6.18 Å². The number of aromatic nitrogens is 2. The van der Waals surface area contributed by atoms with Crippen LogP contribution in [0.2, 0.25) is 0 Å². The molecule has 0 amide bonds. The van der Waals surface area contributed by atoms with Crippen molar-refractivity contribution in [1.29, 1.82) is 0 Å². The van der Waals surface area contributed by atoms with E-state index in [1.807, 2.05) is 0 Å². The van der Waals surface area contributed by atoms with Crippen molar-refractivity contribution in [3.05, 3.63) is 36.2 Å². The van der Waals surface area contributed by atoms with Gasteiger partial charge in [-0.05, 0) is 24.3 Å². The van der Waals surface area contributed by atoms with Crippen LogP contribution in [0, 0.1) is 0 Å². The maximum absolute atomic E-state index is 12.2. The number of hydrogen-bond acceptors (Lipinski definition) is 2. The molecule has 72 valence electrons. The molecule has 0 atom stereocenters. The van der Waals surface area contributed by atoms with Crippen LogP contribution in [0.4, 0.5) is 13.2 Å². The lowest BCUT2D eigenvalue weighted by molar-refractivity contribution is -0.140. The fraction of sp³-hybridized carbons (Fsp3) is 0.111. The first-order valence-electron chi connectivity index (χ1n) is 3.86. The molecule has 2 rings (SSSR count). The molecule has 2 heterocycles. The highest BCUT2D eigenvalue weighted by molar-refractivity contribution is 5.73. The summed E-state index contributed by atoms with van der Waals surface area (Å²) in [5.74, 6) is 0. The highest BCUT2D eigenvalue weighted by Gasteiger charge is 2.32. The molecule has 0 spiro atoms. The smallest absolute Gasteiger partial charge is 0.255 e. The van der Waals surface area contributed by atoms with E-state index in [1.54, 1.807) is 6.07 Å². The van der Waals surface area contributed by atoms with Gasteiger partial charge in [-0.2, -0.15) is 13.2 Å². The Bertz CT molecular complexity index is 465. The van der Waals surface area contributed by atoms with Crippen molar-refractivity contribution in [3.8, 4) is 0 Å². The Labute approximate surface area is 77.4 Å². The molecule has 0 saturated carbocycles. The topological polar surface area (TPSA) is 25.8 Å². The molecule has 0 saturated heterocycles. The van der Waals surface area contributed by atoms with E-state index >= 15 is 0 Å².